The Morgan fingerprint density at radius 2 is 2.12 bits per heavy atom. The van der Waals surface area contributed by atoms with Gasteiger partial charge in [-0.2, -0.15) is 0 Å². The van der Waals surface area contributed by atoms with Gasteiger partial charge in [0.25, 0.3) is 0 Å². The number of carbonyl (C=O) groups excluding carboxylic acids is 2. The predicted octanol–water partition coefficient (Wildman–Crippen LogP) is 1.48. The third-order valence-electron chi connectivity index (χ3n) is 3.91. The molecule has 1 aliphatic carbocycles. The van der Waals surface area contributed by atoms with E-state index >= 15 is 0 Å². The molecule has 0 aromatic heterocycles. The van der Waals surface area contributed by atoms with E-state index < -0.39 is 0 Å². The second-order valence-corrected chi connectivity index (χ2v) is 5.43. The van der Waals surface area contributed by atoms with E-state index in [2.05, 4.69) is 17.2 Å². The summed E-state index contributed by atoms with van der Waals surface area (Å²) >= 11 is 0. The Balaban J connectivity index is 1.94. The molecule has 1 atom stereocenters. The number of carbonyl (C=O) groups is 2. The van der Waals surface area contributed by atoms with Gasteiger partial charge >= 0.3 is 0 Å². The minimum atomic E-state index is -0.384. The molecule has 17 heavy (non-hydrogen) atoms. The topological polar surface area (TPSA) is 58.2 Å². The standard InChI is InChI=1S/C13H20N2O2/c1-9-5-6-10(11(16)14-9)15-12(17)13(2)7-3-4-8-13/h10H,1,3-8H2,2H3,(H,14,16)(H,15,17). The molecule has 2 fully saturated rings. The molecule has 0 bridgehead atoms. The number of nitrogens with one attached hydrogen (secondary N) is 2. The Labute approximate surface area is 102 Å². The quantitative estimate of drug-likeness (QED) is 0.763. The van der Waals surface area contributed by atoms with Gasteiger partial charge in [0.1, 0.15) is 6.04 Å². The first kappa shape index (κ1) is 12.1. The van der Waals surface area contributed by atoms with Crippen molar-refractivity contribution in [3.05, 3.63) is 12.3 Å². The molecular weight excluding hydrogens is 216 g/mol. The van der Waals surface area contributed by atoms with Crippen LogP contribution in [0.5, 0.6) is 0 Å². The van der Waals surface area contributed by atoms with Crippen molar-refractivity contribution in [2.24, 2.45) is 5.41 Å². The van der Waals surface area contributed by atoms with Crippen LogP contribution in [0, 0.1) is 5.41 Å². The lowest BCUT2D eigenvalue weighted by molar-refractivity contribution is -0.134. The maximum Gasteiger partial charge on any atom is 0.246 e. The third-order valence-corrected chi connectivity index (χ3v) is 3.91. The highest BCUT2D eigenvalue weighted by atomic mass is 16.2. The van der Waals surface area contributed by atoms with Crippen molar-refractivity contribution in [2.45, 2.75) is 51.5 Å². The summed E-state index contributed by atoms with van der Waals surface area (Å²) in [6.45, 7) is 5.72. The van der Waals surface area contributed by atoms with Crippen LogP contribution in [-0.4, -0.2) is 17.9 Å². The molecule has 1 heterocycles. The second-order valence-electron chi connectivity index (χ2n) is 5.43. The van der Waals surface area contributed by atoms with Crippen LogP contribution in [0.3, 0.4) is 0 Å². The van der Waals surface area contributed by atoms with Gasteiger partial charge < -0.3 is 10.6 Å². The van der Waals surface area contributed by atoms with Gasteiger partial charge in [-0.25, -0.2) is 0 Å². The van der Waals surface area contributed by atoms with Crippen LogP contribution in [0.25, 0.3) is 0 Å². The first-order valence-electron chi connectivity index (χ1n) is 6.31. The molecule has 4 heteroatoms. The van der Waals surface area contributed by atoms with Crippen LogP contribution in [0.15, 0.2) is 12.3 Å². The zero-order chi connectivity index (χ0) is 12.5. The van der Waals surface area contributed by atoms with Crippen LogP contribution in [0.1, 0.15) is 45.4 Å². The summed E-state index contributed by atoms with van der Waals surface area (Å²) in [5.41, 5.74) is 0.474. The van der Waals surface area contributed by atoms with Gasteiger partial charge in [0.15, 0.2) is 0 Å². The Hall–Kier alpha value is -1.32. The monoisotopic (exact) mass is 236 g/mol. The van der Waals surface area contributed by atoms with Crippen molar-refractivity contribution in [3.8, 4) is 0 Å². The number of allylic oxidation sites excluding steroid dienone is 1. The SMILES string of the molecule is C=C1CCC(NC(=O)C2(C)CCCC2)C(=O)N1. The van der Waals surface area contributed by atoms with E-state index in [9.17, 15) is 9.59 Å². The lowest BCUT2D eigenvalue weighted by Gasteiger charge is -2.29. The molecule has 1 aliphatic heterocycles. The summed E-state index contributed by atoms with van der Waals surface area (Å²) in [5, 5.41) is 5.57. The van der Waals surface area contributed by atoms with Gasteiger partial charge in [-0.3, -0.25) is 9.59 Å². The summed E-state index contributed by atoms with van der Waals surface area (Å²) < 4.78 is 0. The highest BCUT2D eigenvalue weighted by Gasteiger charge is 2.38. The molecule has 2 N–H and O–H groups in total. The molecule has 0 aromatic carbocycles. The molecule has 94 valence electrons. The van der Waals surface area contributed by atoms with Gasteiger partial charge in [-0.05, 0) is 25.7 Å². The summed E-state index contributed by atoms with van der Waals surface area (Å²) in [4.78, 5) is 23.8. The number of hydrogen-bond donors (Lipinski definition) is 2. The van der Waals surface area contributed by atoms with Crippen LogP contribution < -0.4 is 10.6 Å². The molecule has 0 radical (unpaired) electrons. The van der Waals surface area contributed by atoms with E-state index in [0.29, 0.717) is 6.42 Å². The normalized spacial score (nSPS) is 27.7. The van der Waals surface area contributed by atoms with Crippen LogP contribution in [0.2, 0.25) is 0 Å². The molecule has 2 rings (SSSR count). The Morgan fingerprint density at radius 3 is 2.71 bits per heavy atom. The summed E-state index contributed by atoms with van der Waals surface area (Å²) in [5.74, 6) is -0.0983. The molecule has 4 nitrogen and oxygen atoms in total. The number of piperidine rings is 1. The smallest absolute Gasteiger partial charge is 0.246 e. The van der Waals surface area contributed by atoms with E-state index in [1.54, 1.807) is 0 Å². The van der Waals surface area contributed by atoms with Crippen molar-refractivity contribution in [1.82, 2.24) is 10.6 Å². The molecule has 2 aliphatic rings. The zero-order valence-electron chi connectivity index (χ0n) is 10.3. The third kappa shape index (κ3) is 2.51. The largest absolute Gasteiger partial charge is 0.344 e. The van der Waals surface area contributed by atoms with Crippen molar-refractivity contribution in [1.29, 1.82) is 0 Å². The fourth-order valence-electron chi connectivity index (χ4n) is 2.63. The van der Waals surface area contributed by atoms with E-state index in [1.807, 2.05) is 6.92 Å². The summed E-state index contributed by atoms with van der Waals surface area (Å²) in [7, 11) is 0. The van der Waals surface area contributed by atoms with E-state index in [4.69, 9.17) is 0 Å². The highest BCUT2D eigenvalue weighted by Crippen LogP contribution is 2.37. The first-order valence-corrected chi connectivity index (χ1v) is 6.31. The first-order chi connectivity index (χ1) is 8.01. The summed E-state index contributed by atoms with van der Waals surface area (Å²) in [6.07, 6.45) is 5.48. The Kier molecular flexibility index (Phi) is 3.22. The number of hydrogen-bond acceptors (Lipinski definition) is 2. The van der Waals surface area contributed by atoms with E-state index in [0.717, 1.165) is 37.8 Å². The van der Waals surface area contributed by atoms with Gasteiger partial charge in [0, 0.05) is 11.1 Å². The van der Waals surface area contributed by atoms with Gasteiger partial charge in [0.05, 0.1) is 0 Å². The molecule has 0 aromatic rings. The maximum absolute atomic E-state index is 12.1. The zero-order valence-corrected chi connectivity index (χ0v) is 10.3. The second kappa shape index (κ2) is 4.51. The molecule has 2 amide bonds. The van der Waals surface area contributed by atoms with Crippen LogP contribution in [-0.2, 0) is 9.59 Å². The molecule has 1 saturated heterocycles. The molecule has 0 spiro atoms. The summed E-state index contributed by atoms with van der Waals surface area (Å²) in [6, 6.07) is -0.384. The number of amides is 2. The molecular formula is C13H20N2O2. The lowest BCUT2D eigenvalue weighted by atomic mass is 9.87. The number of rotatable bonds is 2. The van der Waals surface area contributed by atoms with E-state index in [-0.39, 0.29) is 23.3 Å². The van der Waals surface area contributed by atoms with Crippen molar-refractivity contribution >= 4 is 11.8 Å². The fourth-order valence-corrected chi connectivity index (χ4v) is 2.63. The average molecular weight is 236 g/mol. The Bertz CT molecular complexity index is 356. The molecule has 1 saturated carbocycles. The minimum absolute atomic E-state index is 0.0302. The van der Waals surface area contributed by atoms with Crippen molar-refractivity contribution in [2.75, 3.05) is 0 Å². The highest BCUT2D eigenvalue weighted by molar-refractivity contribution is 5.91. The van der Waals surface area contributed by atoms with Crippen molar-refractivity contribution in [3.63, 3.8) is 0 Å². The van der Waals surface area contributed by atoms with Gasteiger partial charge in [0.2, 0.25) is 11.8 Å². The van der Waals surface area contributed by atoms with Crippen LogP contribution >= 0.6 is 0 Å². The van der Waals surface area contributed by atoms with Gasteiger partial charge in [-0.1, -0.05) is 26.3 Å². The van der Waals surface area contributed by atoms with Crippen molar-refractivity contribution < 1.29 is 9.59 Å². The lowest BCUT2D eigenvalue weighted by Crippen LogP contribution is -2.52. The average Bonchev–Trinajstić information content (AvgIpc) is 2.71. The van der Waals surface area contributed by atoms with Crippen LogP contribution in [0.4, 0.5) is 0 Å². The Morgan fingerprint density at radius 1 is 1.47 bits per heavy atom. The van der Waals surface area contributed by atoms with E-state index in [1.165, 1.54) is 0 Å². The van der Waals surface area contributed by atoms with Gasteiger partial charge in [-0.15, -0.1) is 0 Å². The molecule has 1 unspecified atom stereocenters. The minimum Gasteiger partial charge on any atom is -0.344 e. The maximum atomic E-state index is 12.1. The fraction of sp³-hybridized carbons (Fsp3) is 0.692. The predicted molar refractivity (Wildman–Crippen MR) is 65.0 cm³/mol.